The van der Waals surface area contributed by atoms with Gasteiger partial charge in [0.1, 0.15) is 0 Å². The Labute approximate surface area is 75.3 Å². The van der Waals surface area contributed by atoms with Crippen LogP contribution in [0.15, 0.2) is 4.99 Å². The Balaban J connectivity index is 2.51. The molecule has 0 aromatic carbocycles. The molecule has 12 heavy (non-hydrogen) atoms. The third kappa shape index (κ3) is 2.50. The molecule has 0 atom stereocenters. The molecule has 0 saturated heterocycles. The van der Waals surface area contributed by atoms with Gasteiger partial charge in [0, 0.05) is 6.42 Å². The normalized spacial score (nSPS) is 23.0. The summed E-state index contributed by atoms with van der Waals surface area (Å²) in [6, 6.07) is 0. The van der Waals surface area contributed by atoms with E-state index >= 15 is 0 Å². The second-order valence-electron chi connectivity index (χ2n) is 4.06. The van der Waals surface area contributed by atoms with E-state index in [0.29, 0.717) is 0 Å². The molecule has 1 aliphatic carbocycles. The van der Waals surface area contributed by atoms with E-state index in [4.69, 9.17) is 5.73 Å². The summed E-state index contributed by atoms with van der Waals surface area (Å²) < 4.78 is 0. The molecule has 2 nitrogen and oxygen atoms in total. The molecular weight excluding hydrogens is 148 g/mol. The molecule has 70 valence electrons. The van der Waals surface area contributed by atoms with Crippen molar-refractivity contribution < 1.29 is 0 Å². The first-order chi connectivity index (χ1) is 5.66. The van der Waals surface area contributed by atoms with Gasteiger partial charge >= 0.3 is 0 Å². The molecule has 0 heterocycles. The van der Waals surface area contributed by atoms with Crippen molar-refractivity contribution in [3.8, 4) is 0 Å². The number of hydrogen-bond acceptors (Lipinski definition) is 1. The lowest BCUT2D eigenvalue weighted by Crippen LogP contribution is -2.23. The minimum Gasteiger partial charge on any atom is -0.387 e. The lowest BCUT2D eigenvalue weighted by atomic mass is 10.0. The Kier molecular flexibility index (Phi) is 3.12. The van der Waals surface area contributed by atoms with E-state index in [0.717, 1.165) is 18.7 Å². The molecule has 1 rings (SSSR count). The maximum Gasteiger partial charge on any atom is 0.0943 e. The molecule has 2 heteroatoms. The SMILES string of the molecule is CCCC(N)=NC1(C)CCCC1. The molecular formula is C10H20N2. The number of nitrogens with zero attached hydrogens (tertiary/aromatic N) is 1. The van der Waals surface area contributed by atoms with Gasteiger partial charge in [-0.25, -0.2) is 0 Å². The van der Waals surface area contributed by atoms with Crippen LogP contribution in [-0.4, -0.2) is 11.4 Å². The molecule has 0 bridgehead atoms. The molecule has 0 unspecified atom stereocenters. The highest BCUT2D eigenvalue weighted by molar-refractivity contribution is 5.80. The van der Waals surface area contributed by atoms with E-state index < -0.39 is 0 Å². The second kappa shape index (κ2) is 3.92. The first kappa shape index (κ1) is 9.56. The fourth-order valence-corrected chi connectivity index (χ4v) is 1.91. The van der Waals surface area contributed by atoms with Gasteiger partial charge in [-0.05, 0) is 26.2 Å². The zero-order valence-electron chi connectivity index (χ0n) is 8.27. The quantitative estimate of drug-likeness (QED) is 0.510. The van der Waals surface area contributed by atoms with E-state index in [9.17, 15) is 0 Å². The van der Waals surface area contributed by atoms with Crippen LogP contribution in [0.1, 0.15) is 52.4 Å². The average molecular weight is 168 g/mol. The molecule has 1 aliphatic rings. The van der Waals surface area contributed by atoms with Crippen LogP contribution in [0.5, 0.6) is 0 Å². The van der Waals surface area contributed by atoms with Crippen molar-refractivity contribution in [2.75, 3.05) is 0 Å². The Bertz CT molecular complexity index is 167. The maximum atomic E-state index is 5.80. The number of rotatable bonds is 3. The molecule has 0 amide bonds. The highest BCUT2D eigenvalue weighted by atomic mass is 14.9. The van der Waals surface area contributed by atoms with Gasteiger partial charge in [-0.15, -0.1) is 0 Å². The topological polar surface area (TPSA) is 38.4 Å². The monoisotopic (exact) mass is 168 g/mol. The molecule has 0 aliphatic heterocycles. The minimum atomic E-state index is 0.180. The van der Waals surface area contributed by atoms with Crippen LogP contribution in [-0.2, 0) is 0 Å². The standard InChI is InChI=1S/C10H20N2/c1-3-6-9(11)12-10(2)7-4-5-8-10/h3-8H2,1-2H3,(H2,11,12). The van der Waals surface area contributed by atoms with Crippen molar-refractivity contribution in [2.45, 2.75) is 57.9 Å². The Hall–Kier alpha value is -0.530. The van der Waals surface area contributed by atoms with Crippen molar-refractivity contribution in [1.29, 1.82) is 0 Å². The largest absolute Gasteiger partial charge is 0.387 e. The van der Waals surface area contributed by atoms with Crippen LogP contribution in [0.25, 0.3) is 0 Å². The fourth-order valence-electron chi connectivity index (χ4n) is 1.91. The van der Waals surface area contributed by atoms with Crippen LogP contribution in [0.4, 0.5) is 0 Å². The highest BCUT2D eigenvalue weighted by Crippen LogP contribution is 2.32. The van der Waals surface area contributed by atoms with Crippen molar-refractivity contribution in [3.63, 3.8) is 0 Å². The first-order valence-corrected chi connectivity index (χ1v) is 5.00. The molecule has 0 spiro atoms. The van der Waals surface area contributed by atoms with Crippen LogP contribution in [0.2, 0.25) is 0 Å². The van der Waals surface area contributed by atoms with E-state index in [-0.39, 0.29) is 5.54 Å². The zero-order chi connectivity index (χ0) is 9.03. The highest BCUT2D eigenvalue weighted by Gasteiger charge is 2.27. The van der Waals surface area contributed by atoms with Gasteiger partial charge < -0.3 is 5.73 Å². The molecule has 0 aromatic heterocycles. The first-order valence-electron chi connectivity index (χ1n) is 5.00. The van der Waals surface area contributed by atoms with Crippen molar-refractivity contribution in [3.05, 3.63) is 0 Å². The van der Waals surface area contributed by atoms with E-state index in [1.807, 2.05) is 0 Å². The van der Waals surface area contributed by atoms with Crippen molar-refractivity contribution >= 4 is 5.84 Å². The number of hydrogen-bond donors (Lipinski definition) is 1. The molecule has 2 N–H and O–H groups in total. The van der Waals surface area contributed by atoms with Crippen LogP contribution in [0, 0.1) is 0 Å². The zero-order valence-corrected chi connectivity index (χ0v) is 8.27. The van der Waals surface area contributed by atoms with Gasteiger partial charge in [-0.3, -0.25) is 4.99 Å². The van der Waals surface area contributed by atoms with Gasteiger partial charge in [0.05, 0.1) is 11.4 Å². The summed E-state index contributed by atoms with van der Waals surface area (Å²) in [4.78, 5) is 4.59. The average Bonchev–Trinajstić information content (AvgIpc) is 2.36. The van der Waals surface area contributed by atoms with Crippen LogP contribution >= 0.6 is 0 Å². The number of aliphatic imine (C=N–C) groups is 1. The number of amidine groups is 1. The van der Waals surface area contributed by atoms with Crippen molar-refractivity contribution in [1.82, 2.24) is 0 Å². The Morgan fingerprint density at radius 2 is 2.00 bits per heavy atom. The third-order valence-corrected chi connectivity index (χ3v) is 2.60. The summed E-state index contributed by atoms with van der Waals surface area (Å²) in [5.74, 6) is 0.849. The summed E-state index contributed by atoms with van der Waals surface area (Å²) in [6.07, 6.45) is 7.13. The molecule has 0 radical (unpaired) electrons. The summed E-state index contributed by atoms with van der Waals surface area (Å²) in [7, 11) is 0. The lowest BCUT2D eigenvalue weighted by molar-refractivity contribution is 0.489. The van der Waals surface area contributed by atoms with Crippen LogP contribution in [0.3, 0.4) is 0 Å². The summed E-state index contributed by atoms with van der Waals surface area (Å²) in [6.45, 7) is 4.36. The maximum absolute atomic E-state index is 5.80. The summed E-state index contributed by atoms with van der Waals surface area (Å²) in [5, 5.41) is 0. The smallest absolute Gasteiger partial charge is 0.0943 e. The van der Waals surface area contributed by atoms with E-state index in [1.165, 1.54) is 25.7 Å². The fraction of sp³-hybridized carbons (Fsp3) is 0.900. The van der Waals surface area contributed by atoms with Gasteiger partial charge in [0.2, 0.25) is 0 Å². The number of nitrogens with two attached hydrogens (primary N) is 1. The molecule has 1 saturated carbocycles. The van der Waals surface area contributed by atoms with Crippen LogP contribution < -0.4 is 5.73 Å². The van der Waals surface area contributed by atoms with Gasteiger partial charge in [0.25, 0.3) is 0 Å². The van der Waals surface area contributed by atoms with Crippen molar-refractivity contribution in [2.24, 2.45) is 10.7 Å². The second-order valence-corrected chi connectivity index (χ2v) is 4.06. The predicted octanol–water partition coefficient (Wildman–Crippen LogP) is 2.48. The summed E-state index contributed by atoms with van der Waals surface area (Å²) >= 11 is 0. The predicted molar refractivity (Wildman–Crippen MR) is 53.4 cm³/mol. The lowest BCUT2D eigenvalue weighted by Gasteiger charge is -2.18. The molecule has 1 fully saturated rings. The Morgan fingerprint density at radius 3 is 2.50 bits per heavy atom. The van der Waals surface area contributed by atoms with Gasteiger partial charge in [-0.1, -0.05) is 19.8 Å². The summed E-state index contributed by atoms with van der Waals surface area (Å²) in [5.41, 5.74) is 5.98. The minimum absolute atomic E-state index is 0.180. The third-order valence-electron chi connectivity index (χ3n) is 2.60. The van der Waals surface area contributed by atoms with E-state index in [1.54, 1.807) is 0 Å². The Morgan fingerprint density at radius 1 is 1.42 bits per heavy atom. The van der Waals surface area contributed by atoms with E-state index in [2.05, 4.69) is 18.8 Å². The van der Waals surface area contributed by atoms with Gasteiger partial charge in [0.15, 0.2) is 0 Å². The van der Waals surface area contributed by atoms with Gasteiger partial charge in [-0.2, -0.15) is 0 Å². The molecule has 0 aromatic rings.